The van der Waals surface area contributed by atoms with Gasteiger partial charge in [-0.2, -0.15) is 0 Å². The van der Waals surface area contributed by atoms with Gasteiger partial charge in [0.15, 0.2) is 0 Å². The fourth-order valence-electron chi connectivity index (χ4n) is 1.37. The zero-order chi connectivity index (χ0) is 12.5. The zero-order valence-corrected chi connectivity index (χ0v) is 10.0. The first-order chi connectivity index (χ1) is 8.22. The lowest BCUT2D eigenvalue weighted by atomic mass is 10.2. The van der Waals surface area contributed by atoms with Crippen LogP contribution in [0.5, 0.6) is 11.5 Å². The minimum Gasteiger partial charge on any atom is -0.494 e. The third kappa shape index (κ3) is 5.80. The number of benzene rings is 1. The molecule has 0 unspecified atom stereocenters. The molecule has 1 aromatic carbocycles. The first-order valence-electron chi connectivity index (χ1n) is 5.80. The number of carboxylic acids is 1. The van der Waals surface area contributed by atoms with Crippen LogP contribution in [-0.2, 0) is 4.79 Å². The lowest BCUT2D eigenvalue weighted by Crippen LogP contribution is -2.00. The maximum Gasteiger partial charge on any atom is 0.303 e. The van der Waals surface area contributed by atoms with Crippen molar-refractivity contribution < 1.29 is 19.4 Å². The molecule has 1 aromatic rings. The Labute approximate surface area is 101 Å². The monoisotopic (exact) mass is 238 g/mol. The van der Waals surface area contributed by atoms with E-state index in [9.17, 15) is 4.79 Å². The summed E-state index contributed by atoms with van der Waals surface area (Å²) in [5.41, 5.74) is 0. The summed E-state index contributed by atoms with van der Waals surface area (Å²) in [5, 5.41) is 8.46. The van der Waals surface area contributed by atoms with E-state index in [0.29, 0.717) is 19.6 Å². The van der Waals surface area contributed by atoms with Gasteiger partial charge in [0.1, 0.15) is 11.5 Å². The van der Waals surface area contributed by atoms with E-state index < -0.39 is 5.97 Å². The van der Waals surface area contributed by atoms with Crippen LogP contribution in [0.2, 0.25) is 0 Å². The lowest BCUT2D eigenvalue weighted by Gasteiger charge is -2.07. The standard InChI is InChI=1S/C13H18O4/c1-2-16-11-6-8-12(9-7-11)17-10-4-3-5-13(14)15/h6-9H,2-5,10H2,1H3,(H,14,15). The van der Waals surface area contributed by atoms with E-state index in [0.717, 1.165) is 17.9 Å². The summed E-state index contributed by atoms with van der Waals surface area (Å²) in [5.74, 6) is 0.848. The fraction of sp³-hybridized carbons (Fsp3) is 0.462. The Kier molecular flexibility index (Phi) is 5.93. The third-order valence-corrected chi connectivity index (χ3v) is 2.19. The van der Waals surface area contributed by atoms with Gasteiger partial charge in [0.05, 0.1) is 13.2 Å². The Hall–Kier alpha value is -1.71. The molecular weight excluding hydrogens is 220 g/mol. The van der Waals surface area contributed by atoms with E-state index in [1.807, 2.05) is 31.2 Å². The highest BCUT2D eigenvalue weighted by molar-refractivity contribution is 5.66. The number of hydrogen-bond donors (Lipinski definition) is 1. The summed E-state index contributed by atoms with van der Waals surface area (Å²) in [6.07, 6.45) is 1.60. The fourth-order valence-corrected chi connectivity index (χ4v) is 1.37. The number of aliphatic carboxylic acids is 1. The minimum absolute atomic E-state index is 0.201. The smallest absolute Gasteiger partial charge is 0.303 e. The SMILES string of the molecule is CCOc1ccc(OCCCCC(=O)O)cc1. The van der Waals surface area contributed by atoms with Gasteiger partial charge >= 0.3 is 5.97 Å². The number of carbonyl (C=O) groups is 1. The summed E-state index contributed by atoms with van der Waals surface area (Å²) >= 11 is 0. The summed E-state index contributed by atoms with van der Waals surface area (Å²) in [6.45, 7) is 3.13. The second kappa shape index (κ2) is 7.54. The quantitative estimate of drug-likeness (QED) is 0.707. The maximum absolute atomic E-state index is 10.3. The lowest BCUT2D eigenvalue weighted by molar-refractivity contribution is -0.137. The second-order valence-corrected chi connectivity index (χ2v) is 3.60. The average molecular weight is 238 g/mol. The van der Waals surface area contributed by atoms with Gasteiger partial charge in [-0.1, -0.05) is 0 Å². The van der Waals surface area contributed by atoms with Crippen LogP contribution in [0.15, 0.2) is 24.3 Å². The highest BCUT2D eigenvalue weighted by Gasteiger charge is 1.98. The summed E-state index contributed by atoms with van der Waals surface area (Å²) < 4.78 is 10.8. The molecule has 0 aromatic heterocycles. The zero-order valence-electron chi connectivity index (χ0n) is 10.0. The summed E-state index contributed by atoms with van der Waals surface area (Å²) in [6, 6.07) is 7.41. The molecule has 0 heterocycles. The van der Waals surface area contributed by atoms with Crippen molar-refractivity contribution in [1.82, 2.24) is 0 Å². The van der Waals surface area contributed by atoms with Gasteiger partial charge in [0, 0.05) is 6.42 Å². The molecule has 17 heavy (non-hydrogen) atoms. The Balaban J connectivity index is 2.20. The van der Waals surface area contributed by atoms with E-state index in [-0.39, 0.29) is 6.42 Å². The summed E-state index contributed by atoms with van der Waals surface area (Å²) in [7, 11) is 0. The molecule has 1 rings (SSSR count). The van der Waals surface area contributed by atoms with E-state index in [1.165, 1.54) is 0 Å². The highest BCUT2D eigenvalue weighted by Crippen LogP contribution is 2.17. The van der Waals surface area contributed by atoms with Crippen LogP contribution in [0.25, 0.3) is 0 Å². The van der Waals surface area contributed by atoms with Gasteiger partial charge in [-0.15, -0.1) is 0 Å². The van der Waals surface area contributed by atoms with Crippen LogP contribution in [0.1, 0.15) is 26.2 Å². The largest absolute Gasteiger partial charge is 0.494 e. The first kappa shape index (κ1) is 13.4. The normalized spacial score (nSPS) is 9.94. The molecule has 0 aliphatic carbocycles. The van der Waals surface area contributed by atoms with Gasteiger partial charge in [-0.05, 0) is 44.0 Å². The first-order valence-corrected chi connectivity index (χ1v) is 5.80. The van der Waals surface area contributed by atoms with Crippen molar-refractivity contribution in [2.24, 2.45) is 0 Å². The number of rotatable bonds is 8. The molecule has 0 bridgehead atoms. The highest BCUT2D eigenvalue weighted by atomic mass is 16.5. The molecular formula is C13H18O4. The van der Waals surface area contributed by atoms with Crippen LogP contribution in [0.4, 0.5) is 0 Å². The predicted molar refractivity (Wildman–Crippen MR) is 64.6 cm³/mol. The topological polar surface area (TPSA) is 55.8 Å². The molecule has 0 radical (unpaired) electrons. The number of hydrogen-bond acceptors (Lipinski definition) is 3. The van der Waals surface area contributed by atoms with E-state index in [2.05, 4.69) is 0 Å². The van der Waals surface area contributed by atoms with Crippen LogP contribution in [0.3, 0.4) is 0 Å². The molecule has 94 valence electrons. The van der Waals surface area contributed by atoms with Gasteiger partial charge in [0.25, 0.3) is 0 Å². The van der Waals surface area contributed by atoms with Gasteiger partial charge in [-0.3, -0.25) is 4.79 Å². The average Bonchev–Trinajstić information content (AvgIpc) is 2.31. The Morgan fingerprint density at radius 3 is 2.24 bits per heavy atom. The molecule has 0 spiro atoms. The number of ether oxygens (including phenoxy) is 2. The van der Waals surface area contributed by atoms with E-state index in [4.69, 9.17) is 14.6 Å². The molecule has 0 atom stereocenters. The molecule has 0 aliphatic heterocycles. The molecule has 1 N–H and O–H groups in total. The Bertz CT molecular complexity index is 332. The van der Waals surface area contributed by atoms with Crippen LogP contribution < -0.4 is 9.47 Å². The van der Waals surface area contributed by atoms with Gasteiger partial charge in [-0.25, -0.2) is 0 Å². The van der Waals surface area contributed by atoms with Crippen LogP contribution >= 0.6 is 0 Å². The molecule has 4 nitrogen and oxygen atoms in total. The predicted octanol–water partition coefficient (Wildman–Crippen LogP) is 2.72. The maximum atomic E-state index is 10.3. The minimum atomic E-state index is -0.758. The molecule has 0 fully saturated rings. The molecule has 4 heteroatoms. The molecule has 0 saturated carbocycles. The van der Waals surface area contributed by atoms with Crippen molar-refractivity contribution in [3.63, 3.8) is 0 Å². The number of unbranched alkanes of at least 4 members (excludes halogenated alkanes) is 1. The second-order valence-electron chi connectivity index (χ2n) is 3.60. The summed E-state index contributed by atoms with van der Waals surface area (Å²) in [4.78, 5) is 10.3. The van der Waals surface area contributed by atoms with Crippen molar-refractivity contribution in [2.45, 2.75) is 26.2 Å². The van der Waals surface area contributed by atoms with Crippen LogP contribution in [-0.4, -0.2) is 24.3 Å². The van der Waals surface area contributed by atoms with Crippen molar-refractivity contribution in [3.8, 4) is 11.5 Å². The van der Waals surface area contributed by atoms with Crippen molar-refractivity contribution in [3.05, 3.63) is 24.3 Å². The van der Waals surface area contributed by atoms with E-state index in [1.54, 1.807) is 0 Å². The van der Waals surface area contributed by atoms with Gasteiger partial charge < -0.3 is 14.6 Å². The molecule has 0 amide bonds. The third-order valence-electron chi connectivity index (χ3n) is 2.19. The van der Waals surface area contributed by atoms with Crippen molar-refractivity contribution in [1.29, 1.82) is 0 Å². The molecule has 0 saturated heterocycles. The Morgan fingerprint density at radius 2 is 1.71 bits per heavy atom. The van der Waals surface area contributed by atoms with E-state index >= 15 is 0 Å². The number of carboxylic acid groups (broad SMARTS) is 1. The Morgan fingerprint density at radius 1 is 1.12 bits per heavy atom. The van der Waals surface area contributed by atoms with Crippen molar-refractivity contribution >= 4 is 5.97 Å². The molecule has 0 aliphatic rings. The van der Waals surface area contributed by atoms with Crippen LogP contribution in [0, 0.1) is 0 Å². The van der Waals surface area contributed by atoms with Crippen molar-refractivity contribution in [2.75, 3.05) is 13.2 Å². The van der Waals surface area contributed by atoms with Gasteiger partial charge in [0.2, 0.25) is 0 Å².